The first-order valence-electron chi connectivity index (χ1n) is 6.14. The largest absolute Gasteiger partial charge is 0.392 e. The van der Waals surface area contributed by atoms with Crippen molar-refractivity contribution in [3.05, 3.63) is 29.8 Å². The van der Waals surface area contributed by atoms with Crippen LogP contribution in [0.3, 0.4) is 0 Å². The fourth-order valence-corrected chi connectivity index (χ4v) is 2.27. The molecule has 0 aromatic heterocycles. The molecule has 1 heterocycles. The number of fused-ring (bicyclic) bond motifs is 1. The van der Waals surface area contributed by atoms with Crippen molar-refractivity contribution in [2.75, 3.05) is 11.4 Å². The SMILES string of the molecule is CC(C)(C(=O)N1CCCc2ccccc21)C(N)=S. The normalized spacial score (nSPS) is 15.1. The molecule has 1 aliphatic rings. The lowest BCUT2D eigenvalue weighted by Gasteiger charge is -2.35. The molecular formula is C14H18N2OS. The van der Waals surface area contributed by atoms with Gasteiger partial charge in [0.15, 0.2) is 0 Å². The van der Waals surface area contributed by atoms with Crippen molar-refractivity contribution < 1.29 is 4.79 Å². The lowest BCUT2D eigenvalue weighted by atomic mass is 9.89. The van der Waals surface area contributed by atoms with Crippen LogP contribution in [0.1, 0.15) is 25.8 Å². The molecule has 1 amide bonds. The third kappa shape index (κ3) is 2.12. The zero-order valence-electron chi connectivity index (χ0n) is 10.8. The van der Waals surface area contributed by atoms with Crippen molar-refractivity contribution >= 4 is 28.8 Å². The highest BCUT2D eigenvalue weighted by molar-refractivity contribution is 7.80. The minimum Gasteiger partial charge on any atom is -0.392 e. The number of aryl methyl sites for hydroxylation is 1. The molecule has 0 fully saturated rings. The van der Waals surface area contributed by atoms with Crippen molar-refractivity contribution in [3.8, 4) is 0 Å². The van der Waals surface area contributed by atoms with E-state index in [2.05, 4.69) is 6.07 Å². The molecule has 4 heteroatoms. The lowest BCUT2D eigenvalue weighted by Crippen LogP contribution is -2.48. The van der Waals surface area contributed by atoms with E-state index in [0.29, 0.717) is 0 Å². The van der Waals surface area contributed by atoms with Crippen LogP contribution in [0.2, 0.25) is 0 Å². The Kier molecular flexibility index (Phi) is 3.39. The van der Waals surface area contributed by atoms with Gasteiger partial charge in [0.05, 0.1) is 10.4 Å². The maximum atomic E-state index is 12.6. The van der Waals surface area contributed by atoms with Gasteiger partial charge in [-0.15, -0.1) is 0 Å². The molecule has 3 nitrogen and oxygen atoms in total. The molecule has 0 atom stereocenters. The van der Waals surface area contributed by atoms with E-state index in [0.717, 1.165) is 25.1 Å². The first kappa shape index (κ1) is 13.0. The number of benzene rings is 1. The Hall–Kier alpha value is -1.42. The summed E-state index contributed by atoms with van der Waals surface area (Å²) in [4.78, 5) is 14.6. The molecule has 18 heavy (non-hydrogen) atoms. The van der Waals surface area contributed by atoms with E-state index in [1.165, 1.54) is 5.56 Å². The molecule has 1 aromatic rings. The maximum Gasteiger partial charge on any atom is 0.239 e. The van der Waals surface area contributed by atoms with Crippen molar-refractivity contribution in [1.29, 1.82) is 0 Å². The predicted molar refractivity (Wildman–Crippen MR) is 77.7 cm³/mol. The summed E-state index contributed by atoms with van der Waals surface area (Å²) >= 11 is 5.01. The minimum atomic E-state index is -0.792. The van der Waals surface area contributed by atoms with Crippen molar-refractivity contribution in [3.63, 3.8) is 0 Å². The molecule has 96 valence electrons. The zero-order valence-corrected chi connectivity index (χ0v) is 11.6. The molecule has 0 bridgehead atoms. The number of rotatable bonds is 2. The van der Waals surface area contributed by atoms with Gasteiger partial charge in [0.2, 0.25) is 5.91 Å². The van der Waals surface area contributed by atoms with E-state index in [4.69, 9.17) is 18.0 Å². The number of nitrogens with zero attached hydrogens (tertiary/aromatic N) is 1. The van der Waals surface area contributed by atoms with Gasteiger partial charge in [-0.3, -0.25) is 4.79 Å². The molecule has 1 aliphatic heterocycles. The Morgan fingerprint density at radius 3 is 2.72 bits per heavy atom. The monoisotopic (exact) mass is 262 g/mol. The summed E-state index contributed by atoms with van der Waals surface area (Å²) in [5.74, 6) is -0.0119. The van der Waals surface area contributed by atoms with Gasteiger partial charge in [0.1, 0.15) is 0 Å². The van der Waals surface area contributed by atoms with Gasteiger partial charge in [-0.2, -0.15) is 0 Å². The Morgan fingerprint density at radius 1 is 1.39 bits per heavy atom. The zero-order chi connectivity index (χ0) is 13.3. The first-order valence-corrected chi connectivity index (χ1v) is 6.55. The fraction of sp³-hybridized carbons (Fsp3) is 0.429. The van der Waals surface area contributed by atoms with Gasteiger partial charge in [0, 0.05) is 12.2 Å². The van der Waals surface area contributed by atoms with Gasteiger partial charge in [-0.25, -0.2) is 0 Å². The summed E-state index contributed by atoms with van der Waals surface area (Å²) in [6.45, 7) is 4.31. The van der Waals surface area contributed by atoms with Gasteiger partial charge in [-0.05, 0) is 38.3 Å². The average Bonchev–Trinajstić information content (AvgIpc) is 2.37. The second kappa shape index (κ2) is 4.69. The number of carbonyl (C=O) groups is 1. The molecule has 2 N–H and O–H groups in total. The number of thiocarbonyl (C=S) groups is 1. The Balaban J connectivity index is 2.37. The summed E-state index contributed by atoms with van der Waals surface area (Å²) in [5, 5.41) is 0. The number of anilines is 1. The lowest BCUT2D eigenvalue weighted by molar-refractivity contribution is -0.123. The van der Waals surface area contributed by atoms with Crippen LogP contribution in [0.5, 0.6) is 0 Å². The Labute approximate surface area is 113 Å². The Morgan fingerprint density at radius 2 is 2.06 bits per heavy atom. The minimum absolute atomic E-state index is 0.0119. The summed E-state index contributed by atoms with van der Waals surface area (Å²) in [6, 6.07) is 8.02. The van der Waals surface area contributed by atoms with Crippen LogP contribution >= 0.6 is 12.2 Å². The number of amides is 1. The van der Waals surface area contributed by atoms with Crippen molar-refractivity contribution in [2.45, 2.75) is 26.7 Å². The van der Waals surface area contributed by atoms with Crippen LogP contribution in [0.25, 0.3) is 0 Å². The molecule has 0 unspecified atom stereocenters. The highest BCUT2D eigenvalue weighted by atomic mass is 32.1. The smallest absolute Gasteiger partial charge is 0.239 e. The predicted octanol–water partition coefficient (Wildman–Crippen LogP) is 2.28. The quantitative estimate of drug-likeness (QED) is 0.832. The Bertz CT molecular complexity index is 496. The van der Waals surface area contributed by atoms with E-state index in [-0.39, 0.29) is 10.9 Å². The molecule has 0 radical (unpaired) electrons. The second-order valence-electron chi connectivity index (χ2n) is 5.18. The van der Waals surface area contributed by atoms with Crippen LogP contribution in [-0.2, 0) is 11.2 Å². The van der Waals surface area contributed by atoms with Gasteiger partial charge < -0.3 is 10.6 Å². The van der Waals surface area contributed by atoms with E-state index in [1.807, 2.05) is 23.1 Å². The highest BCUT2D eigenvalue weighted by Gasteiger charge is 2.36. The third-order valence-corrected chi connectivity index (χ3v) is 4.02. The molecule has 2 rings (SSSR count). The number of hydrogen-bond acceptors (Lipinski definition) is 2. The summed E-state index contributed by atoms with van der Waals surface area (Å²) in [6.07, 6.45) is 2.00. The van der Waals surface area contributed by atoms with Crippen LogP contribution < -0.4 is 10.6 Å². The van der Waals surface area contributed by atoms with Gasteiger partial charge in [-0.1, -0.05) is 30.4 Å². The maximum absolute atomic E-state index is 12.6. The molecule has 0 saturated carbocycles. The van der Waals surface area contributed by atoms with Gasteiger partial charge in [0.25, 0.3) is 0 Å². The molecule has 0 aliphatic carbocycles. The third-order valence-electron chi connectivity index (χ3n) is 3.51. The fourth-order valence-electron chi connectivity index (χ4n) is 2.19. The van der Waals surface area contributed by atoms with Crippen LogP contribution in [-0.4, -0.2) is 17.4 Å². The molecular weight excluding hydrogens is 244 g/mol. The second-order valence-corrected chi connectivity index (χ2v) is 5.62. The standard InChI is InChI=1S/C14H18N2OS/c1-14(2,12(15)18)13(17)16-9-5-7-10-6-3-4-8-11(10)16/h3-4,6,8H,5,7,9H2,1-2H3,(H2,15,18). The number of hydrogen-bond donors (Lipinski definition) is 1. The topological polar surface area (TPSA) is 46.3 Å². The van der Waals surface area contributed by atoms with E-state index < -0.39 is 5.41 Å². The van der Waals surface area contributed by atoms with E-state index in [1.54, 1.807) is 13.8 Å². The summed E-state index contributed by atoms with van der Waals surface area (Å²) in [5.41, 5.74) is 7.11. The summed E-state index contributed by atoms with van der Waals surface area (Å²) < 4.78 is 0. The van der Waals surface area contributed by atoms with Crippen LogP contribution in [0, 0.1) is 5.41 Å². The summed E-state index contributed by atoms with van der Waals surface area (Å²) in [7, 11) is 0. The molecule has 1 aromatic carbocycles. The number of para-hydroxylation sites is 1. The van der Waals surface area contributed by atoms with E-state index >= 15 is 0 Å². The highest BCUT2D eigenvalue weighted by Crippen LogP contribution is 2.31. The van der Waals surface area contributed by atoms with Crippen molar-refractivity contribution in [1.82, 2.24) is 0 Å². The van der Waals surface area contributed by atoms with Crippen LogP contribution in [0.15, 0.2) is 24.3 Å². The van der Waals surface area contributed by atoms with Crippen LogP contribution in [0.4, 0.5) is 5.69 Å². The van der Waals surface area contributed by atoms with Crippen molar-refractivity contribution in [2.24, 2.45) is 11.1 Å². The van der Waals surface area contributed by atoms with E-state index in [9.17, 15) is 4.79 Å². The molecule has 0 spiro atoms. The number of nitrogens with two attached hydrogens (primary N) is 1. The molecule has 0 saturated heterocycles. The average molecular weight is 262 g/mol. The van der Waals surface area contributed by atoms with Gasteiger partial charge >= 0.3 is 0 Å². The first-order chi connectivity index (χ1) is 8.44. The number of carbonyl (C=O) groups excluding carboxylic acids is 1.